The Labute approximate surface area is 212 Å². The van der Waals surface area contributed by atoms with E-state index in [1.54, 1.807) is 14.7 Å². The summed E-state index contributed by atoms with van der Waals surface area (Å²) in [5.74, 6) is -1.96. The molecule has 5 rings (SSSR count). The molecule has 1 aromatic rings. The maximum Gasteiger partial charge on any atom is 0.249 e. The third-order valence-corrected chi connectivity index (χ3v) is 7.92. The number of likely N-dealkylation sites (tertiary alicyclic amines) is 1. The van der Waals surface area contributed by atoms with E-state index in [9.17, 15) is 19.5 Å². The Kier molecular flexibility index (Phi) is 6.74. The van der Waals surface area contributed by atoms with Gasteiger partial charge in [0.2, 0.25) is 17.7 Å². The van der Waals surface area contributed by atoms with E-state index >= 15 is 0 Å². The van der Waals surface area contributed by atoms with Crippen LogP contribution < -0.4 is 0 Å². The fourth-order valence-corrected chi connectivity index (χ4v) is 6.25. The molecule has 2 saturated heterocycles. The summed E-state index contributed by atoms with van der Waals surface area (Å²) in [6, 6.07) is 8.93. The number of benzene rings is 1. The average molecular weight is 494 g/mol. The Hall–Kier alpha value is -2.97. The largest absolute Gasteiger partial charge is 0.396 e. The smallest absolute Gasteiger partial charge is 0.249 e. The van der Waals surface area contributed by atoms with Crippen LogP contribution in [0.5, 0.6) is 0 Å². The number of hydrogen-bond acceptors (Lipinski definition) is 5. The van der Waals surface area contributed by atoms with Crippen LogP contribution in [-0.2, 0) is 25.7 Å². The Morgan fingerprint density at radius 3 is 2.53 bits per heavy atom. The number of carbonyl (C=O) groups is 3. The van der Waals surface area contributed by atoms with Gasteiger partial charge < -0.3 is 24.5 Å². The molecular formula is C28H35N3O5. The van der Waals surface area contributed by atoms with Crippen LogP contribution in [0.4, 0.5) is 0 Å². The zero-order chi connectivity index (χ0) is 25.4. The molecule has 192 valence electrons. The summed E-state index contributed by atoms with van der Waals surface area (Å²) in [5, 5.41) is 9.31. The van der Waals surface area contributed by atoms with Crippen LogP contribution >= 0.6 is 0 Å². The lowest BCUT2D eigenvalue weighted by molar-refractivity contribution is -0.149. The second-order valence-corrected chi connectivity index (χ2v) is 10.4. The van der Waals surface area contributed by atoms with Crippen LogP contribution in [0, 0.1) is 11.8 Å². The van der Waals surface area contributed by atoms with E-state index in [0.29, 0.717) is 39.0 Å². The molecular weight excluding hydrogens is 458 g/mol. The second kappa shape index (κ2) is 9.82. The number of ether oxygens (including phenoxy) is 1. The molecule has 0 bridgehead atoms. The molecule has 4 aliphatic rings. The normalized spacial score (nSPS) is 31.6. The quantitative estimate of drug-likeness (QED) is 0.462. The fourth-order valence-electron chi connectivity index (χ4n) is 6.25. The molecule has 8 heteroatoms. The van der Waals surface area contributed by atoms with Crippen molar-refractivity contribution in [1.82, 2.24) is 14.7 Å². The van der Waals surface area contributed by atoms with Crippen molar-refractivity contribution < 1.29 is 24.2 Å². The lowest BCUT2D eigenvalue weighted by Crippen LogP contribution is -2.56. The Morgan fingerprint density at radius 1 is 1.03 bits per heavy atom. The molecule has 0 saturated carbocycles. The van der Waals surface area contributed by atoms with Crippen molar-refractivity contribution in [3.63, 3.8) is 0 Å². The number of aliphatic hydroxyl groups excluding tert-OH is 1. The predicted molar refractivity (Wildman–Crippen MR) is 133 cm³/mol. The lowest BCUT2D eigenvalue weighted by Gasteiger charge is -2.36. The first-order valence-corrected chi connectivity index (χ1v) is 13.0. The molecule has 8 nitrogen and oxygen atoms in total. The van der Waals surface area contributed by atoms with Gasteiger partial charge in [-0.25, -0.2) is 0 Å². The SMILES string of the molecule is CC(C)N1CC=C[C@]23O[C@H]4C=CCN(Cc5ccccc5)C(=O)[C@H]4[C@H]2C(=O)N(CCCCO)C3C1=O. The van der Waals surface area contributed by atoms with Gasteiger partial charge in [-0.3, -0.25) is 14.4 Å². The van der Waals surface area contributed by atoms with E-state index in [4.69, 9.17) is 4.74 Å². The van der Waals surface area contributed by atoms with Gasteiger partial charge in [-0.2, -0.15) is 0 Å². The fraction of sp³-hybridized carbons (Fsp3) is 0.536. The summed E-state index contributed by atoms with van der Waals surface area (Å²) in [5.41, 5.74) is -0.174. The number of unbranched alkanes of at least 4 members (excludes halogenated alkanes) is 1. The van der Waals surface area contributed by atoms with Gasteiger partial charge in [-0.1, -0.05) is 54.6 Å². The molecule has 1 aromatic carbocycles. The Balaban J connectivity index is 1.53. The molecule has 1 unspecified atom stereocenters. The zero-order valence-electron chi connectivity index (χ0n) is 21.0. The minimum Gasteiger partial charge on any atom is -0.396 e. The highest BCUT2D eigenvalue weighted by molar-refractivity contribution is 5.99. The van der Waals surface area contributed by atoms with E-state index in [-0.39, 0.29) is 30.4 Å². The number of nitrogens with zero attached hydrogens (tertiary/aromatic N) is 3. The zero-order valence-corrected chi connectivity index (χ0v) is 21.0. The van der Waals surface area contributed by atoms with Crippen molar-refractivity contribution in [1.29, 1.82) is 0 Å². The Bertz CT molecular complexity index is 1070. The van der Waals surface area contributed by atoms with Crippen LogP contribution in [-0.4, -0.2) is 87.6 Å². The maximum atomic E-state index is 14.0. The van der Waals surface area contributed by atoms with E-state index in [2.05, 4.69) is 0 Å². The van der Waals surface area contributed by atoms with Crippen molar-refractivity contribution in [3.8, 4) is 0 Å². The first kappa shape index (κ1) is 24.7. The highest BCUT2D eigenvalue weighted by Crippen LogP contribution is 2.53. The van der Waals surface area contributed by atoms with Crippen LogP contribution in [0.1, 0.15) is 32.3 Å². The third-order valence-electron chi connectivity index (χ3n) is 7.92. The van der Waals surface area contributed by atoms with Crippen molar-refractivity contribution in [2.24, 2.45) is 11.8 Å². The van der Waals surface area contributed by atoms with Gasteiger partial charge in [0.25, 0.3) is 0 Å². The highest BCUT2D eigenvalue weighted by atomic mass is 16.5. The summed E-state index contributed by atoms with van der Waals surface area (Å²) in [7, 11) is 0. The molecule has 4 heterocycles. The molecule has 5 atom stereocenters. The molecule has 0 aromatic heterocycles. The number of rotatable bonds is 7. The molecule has 0 radical (unpaired) electrons. The summed E-state index contributed by atoms with van der Waals surface area (Å²) in [6.45, 7) is 5.60. The van der Waals surface area contributed by atoms with E-state index in [1.807, 2.05) is 68.5 Å². The molecule has 36 heavy (non-hydrogen) atoms. The first-order valence-electron chi connectivity index (χ1n) is 13.0. The standard InChI is InChI=1S/C28H35N3O5/c1-19(2)30-16-9-13-28-23(26(34)31(15-6-7-17-32)24(28)27(30)35)22-21(36-28)12-8-14-29(25(22)33)18-20-10-4-3-5-11-20/h3-5,8-13,19,21-24,32H,6-7,14-18H2,1-2H3/t21-,22+,23-,24?,28-/m0/s1. The van der Waals surface area contributed by atoms with Gasteiger partial charge in [0.05, 0.1) is 17.9 Å². The monoisotopic (exact) mass is 493 g/mol. The summed E-state index contributed by atoms with van der Waals surface area (Å²) >= 11 is 0. The van der Waals surface area contributed by atoms with Crippen molar-refractivity contribution in [2.45, 2.75) is 57.0 Å². The molecule has 4 aliphatic heterocycles. The molecule has 2 fully saturated rings. The maximum absolute atomic E-state index is 14.0. The van der Waals surface area contributed by atoms with Gasteiger partial charge in [0.1, 0.15) is 11.6 Å². The van der Waals surface area contributed by atoms with Crippen molar-refractivity contribution in [2.75, 3.05) is 26.2 Å². The number of carbonyl (C=O) groups excluding carboxylic acids is 3. The van der Waals surface area contributed by atoms with Gasteiger partial charge in [0, 0.05) is 38.8 Å². The predicted octanol–water partition coefficient (Wildman–Crippen LogP) is 1.75. The molecule has 1 N–H and O–H groups in total. The minimum absolute atomic E-state index is 0.0200. The first-order chi connectivity index (χ1) is 17.4. The lowest BCUT2D eigenvalue weighted by atomic mass is 9.77. The molecule has 1 spiro atoms. The summed E-state index contributed by atoms with van der Waals surface area (Å²) in [4.78, 5) is 47.1. The van der Waals surface area contributed by atoms with E-state index < -0.39 is 29.6 Å². The van der Waals surface area contributed by atoms with Crippen LogP contribution in [0.2, 0.25) is 0 Å². The van der Waals surface area contributed by atoms with Crippen LogP contribution in [0.25, 0.3) is 0 Å². The van der Waals surface area contributed by atoms with Gasteiger partial charge in [-0.05, 0) is 32.3 Å². The molecule has 3 amide bonds. The number of amides is 3. The number of aliphatic hydroxyl groups is 1. The highest BCUT2D eigenvalue weighted by Gasteiger charge is 2.71. The van der Waals surface area contributed by atoms with Crippen molar-refractivity contribution in [3.05, 3.63) is 60.2 Å². The summed E-state index contributed by atoms with van der Waals surface area (Å²) < 4.78 is 6.63. The van der Waals surface area contributed by atoms with Gasteiger partial charge >= 0.3 is 0 Å². The van der Waals surface area contributed by atoms with E-state index in [0.717, 1.165) is 5.56 Å². The van der Waals surface area contributed by atoms with E-state index in [1.165, 1.54) is 0 Å². The number of hydrogen-bond donors (Lipinski definition) is 1. The van der Waals surface area contributed by atoms with Crippen LogP contribution in [0.15, 0.2) is 54.6 Å². The topological polar surface area (TPSA) is 90.4 Å². The Morgan fingerprint density at radius 2 is 1.81 bits per heavy atom. The molecule has 0 aliphatic carbocycles. The van der Waals surface area contributed by atoms with Gasteiger partial charge in [-0.15, -0.1) is 0 Å². The van der Waals surface area contributed by atoms with Crippen LogP contribution in [0.3, 0.4) is 0 Å². The third kappa shape index (κ3) is 3.96. The second-order valence-electron chi connectivity index (χ2n) is 10.4. The summed E-state index contributed by atoms with van der Waals surface area (Å²) in [6.07, 6.45) is 8.15. The van der Waals surface area contributed by atoms with Gasteiger partial charge in [0.15, 0.2) is 0 Å². The average Bonchev–Trinajstić information content (AvgIpc) is 3.17. The minimum atomic E-state index is -1.19. The van der Waals surface area contributed by atoms with Crippen molar-refractivity contribution >= 4 is 17.7 Å². The number of fused-ring (bicyclic) bond motifs is 2.